The van der Waals surface area contributed by atoms with E-state index in [4.69, 9.17) is 14.2 Å². The van der Waals surface area contributed by atoms with E-state index in [0.717, 1.165) is 24.8 Å². The molecule has 1 aromatic carbocycles. The molecule has 1 aliphatic heterocycles. The molecule has 1 unspecified atom stereocenters. The molecule has 4 heteroatoms. The van der Waals surface area contributed by atoms with Gasteiger partial charge in [-0.05, 0) is 24.5 Å². The average Bonchev–Trinajstić information content (AvgIpc) is 2.62. The molecule has 0 N–H and O–H groups in total. The van der Waals surface area contributed by atoms with Gasteiger partial charge in [0.1, 0.15) is 0 Å². The van der Waals surface area contributed by atoms with Gasteiger partial charge in [0.15, 0.2) is 0 Å². The van der Waals surface area contributed by atoms with Gasteiger partial charge in [-0.3, -0.25) is 0 Å². The third-order valence-corrected chi connectivity index (χ3v) is 4.57. The van der Waals surface area contributed by atoms with Crippen LogP contribution in [0, 0.1) is 0 Å². The summed E-state index contributed by atoms with van der Waals surface area (Å²) >= 11 is 0. The number of esters is 1. The quantitative estimate of drug-likeness (QED) is 0.790. The molecule has 0 aromatic heterocycles. The number of carbonyl (C=O) groups excluding carboxylic acids is 1. The van der Waals surface area contributed by atoms with Gasteiger partial charge in [0.05, 0.1) is 13.2 Å². The normalized spacial score (nSPS) is 25.3. The minimum absolute atomic E-state index is 0.104. The second kappa shape index (κ2) is 7.64. The monoisotopic (exact) mass is 316 g/mol. The first kappa shape index (κ1) is 16.1. The van der Waals surface area contributed by atoms with E-state index in [0.29, 0.717) is 0 Å². The van der Waals surface area contributed by atoms with Gasteiger partial charge in [-0.2, -0.15) is 0 Å². The molecule has 0 spiro atoms. The smallest absolute Gasteiger partial charge is 0.373 e. The van der Waals surface area contributed by atoms with Gasteiger partial charge < -0.3 is 14.2 Å². The fraction of sp³-hybridized carbons (Fsp3) is 0.526. The molecule has 1 saturated carbocycles. The maximum atomic E-state index is 11.9. The predicted molar refractivity (Wildman–Crippen MR) is 86.7 cm³/mol. The highest BCUT2D eigenvalue weighted by Crippen LogP contribution is 2.33. The number of hydrogen-bond acceptors (Lipinski definition) is 4. The fourth-order valence-corrected chi connectivity index (χ4v) is 3.34. The van der Waals surface area contributed by atoms with Crippen molar-refractivity contribution in [2.24, 2.45) is 0 Å². The van der Waals surface area contributed by atoms with Gasteiger partial charge in [0.25, 0.3) is 0 Å². The van der Waals surface area contributed by atoms with E-state index in [1.54, 1.807) is 0 Å². The summed E-state index contributed by atoms with van der Waals surface area (Å²) in [4.78, 5) is 11.9. The SMILES string of the molecule is COC(=O)C1=CC(c2ccccc2)C[C@@H](OC2CCCCC2)O1. The van der Waals surface area contributed by atoms with Crippen LogP contribution in [0.3, 0.4) is 0 Å². The lowest BCUT2D eigenvalue weighted by molar-refractivity contribution is -0.177. The van der Waals surface area contributed by atoms with Crippen LogP contribution >= 0.6 is 0 Å². The zero-order chi connectivity index (χ0) is 16.1. The Labute approximate surface area is 137 Å². The lowest BCUT2D eigenvalue weighted by Gasteiger charge is -2.32. The lowest BCUT2D eigenvalue weighted by Crippen LogP contribution is -2.31. The Bertz CT molecular complexity index is 546. The lowest BCUT2D eigenvalue weighted by atomic mass is 9.92. The van der Waals surface area contributed by atoms with E-state index in [2.05, 4.69) is 12.1 Å². The van der Waals surface area contributed by atoms with E-state index in [1.807, 2.05) is 24.3 Å². The second-order valence-corrected chi connectivity index (χ2v) is 6.22. The van der Waals surface area contributed by atoms with E-state index in [9.17, 15) is 4.79 Å². The number of carbonyl (C=O) groups is 1. The molecule has 4 nitrogen and oxygen atoms in total. The Balaban J connectivity index is 1.74. The maximum Gasteiger partial charge on any atom is 0.373 e. The van der Waals surface area contributed by atoms with Crippen molar-refractivity contribution in [2.45, 2.75) is 56.8 Å². The van der Waals surface area contributed by atoms with Crippen LogP contribution in [0.25, 0.3) is 0 Å². The fourth-order valence-electron chi connectivity index (χ4n) is 3.34. The number of benzene rings is 1. The van der Waals surface area contributed by atoms with Crippen molar-refractivity contribution in [3.8, 4) is 0 Å². The number of methoxy groups -OCH3 is 1. The topological polar surface area (TPSA) is 44.8 Å². The van der Waals surface area contributed by atoms with Crippen LogP contribution in [0.4, 0.5) is 0 Å². The maximum absolute atomic E-state index is 11.9. The van der Waals surface area contributed by atoms with Crippen LogP contribution in [-0.4, -0.2) is 25.5 Å². The predicted octanol–water partition coefficient (Wildman–Crippen LogP) is 3.92. The Morgan fingerprint density at radius 2 is 1.87 bits per heavy atom. The number of hydrogen-bond donors (Lipinski definition) is 0. The van der Waals surface area contributed by atoms with Crippen LogP contribution in [0.15, 0.2) is 42.2 Å². The Morgan fingerprint density at radius 1 is 1.13 bits per heavy atom. The summed E-state index contributed by atoms with van der Waals surface area (Å²) < 4.78 is 16.7. The first-order chi connectivity index (χ1) is 11.3. The molecule has 124 valence electrons. The summed E-state index contributed by atoms with van der Waals surface area (Å²) in [5.74, 6) is -0.0797. The average molecular weight is 316 g/mol. The highest BCUT2D eigenvalue weighted by molar-refractivity contribution is 5.86. The van der Waals surface area contributed by atoms with E-state index in [1.165, 1.54) is 26.4 Å². The Hall–Kier alpha value is -1.81. The first-order valence-electron chi connectivity index (χ1n) is 8.43. The summed E-state index contributed by atoms with van der Waals surface area (Å²) in [6, 6.07) is 10.1. The summed E-state index contributed by atoms with van der Waals surface area (Å²) in [7, 11) is 1.37. The molecule has 0 bridgehead atoms. The van der Waals surface area contributed by atoms with Crippen LogP contribution < -0.4 is 0 Å². The van der Waals surface area contributed by atoms with Gasteiger partial charge >= 0.3 is 5.97 Å². The molecule has 1 heterocycles. The molecule has 2 aliphatic rings. The summed E-state index contributed by atoms with van der Waals surface area (Å²) in [6.07, 6.45) is 8.27. The van der Waals surface area contributed by atoms with Crippen molar-refractivity contribution in [1.82, 2.24) is 0 Å². The van der Waals surface area contributed by atoms with Crippen LogP contribution in [0.5, 0.6) is 0 Å². The molecule has 23 heavy (non-hydrogen) atoms. The van der Waals surface area contributed by atoms with Crippen LogP contribution in [0.2, 0.25) is 0 Å². The molecular formula is C19H24O4. The minimum atomic E-state index is -0.442. The molecule has 1 aliphatic carbocycles. The Morgan fingerprint density at radius 3 is 2.57 bits per heavy atom. The van der Waals surface area contributed by atoms with E-state index in [-0.39, 0.29) is 24.1 Å². The van der Waals surface area contributed by atoms with E-state index >= 15 is 0 Å². The third kappa shape index (κ3) is 4.14. The van der Waals surface area contributed by atoms with Gasteiger partial charge in [0.2, 0.25) is 12.0 Å². The highest BCUT2D eigenvalue weighted by Gasteiger charge is 2.31. The first-order valence-corrected chi connectivity index (χ1v) is 8.43. The number of allylic oxidation sites excluding steroid dienone is 1. The molecule has 0 amide bonds. The summed E-state index contributed by atoms with van der Waals surface area (Å²) in [6.45, 7) is 0. The van der Waals surface area contributed by atoms with Gasteiger partial charge in [-0.1, -0.05) is 49.6 Å². The van der Waals surface area contributed by atoms with Crippen LogP contribution in [0.1, 0.15) is 50.0 Å². The number of rotatable bonds is 4. The van der Waals surface area contributed by atoms with E-state index < -0.39 is 5.97 Å². The molecular weight excluding hydrogens is 292 g/mol. The van der Waals surface area contributed by atoms with Crippen molar-refractivity contribution in [3.63, 3.8) is 0 Å². The third-order valence-electron chi connectivity index (χ3n) is 4.57. The van der Waals surface area contributed by atoms with Crippen molar-refractivity contribution in [3.05, 3.63) is 47.7 Å². The summed E-state index contributed by atoms with van der Waals surface area (Å²) in [5.41, 5.74) is 1.16. The zero-order valence-corrected chi connectivity index (χ0v) is 13.6. The van der Waals surface area contributed by atoms with Crippen molar-refractivity contribution in [2.75, 3.05) is 7.11 Å². The standard InChI is InChI=1S/C19H24O4/c1-21-19(20)17-12-15(14-8-4-2-5-9-14)13-18(23-17)22-16-10-6-3-7-11-16/h2,4-5,8-9,12,15-16,18H,3,6-7,10-11,13H2,1H3/t15?,18-/m0/s1. The molecule has 0 saturated heterocycles. The van der Waals surface area contributed by atoms with Gasteiger partial charge in [-0.25, -0.2) is 4.79 Å². The Kier molecular flexibility index (Phi) is 5.34. The number of ether oxygens (including phenoxy) is 3. The zero-order valence-electron chi connectivity index (χ0n) is 13.6. The highest BCUT2D eigenvalue weighted by atomic mass is 16.7. The molecule has 0 radical (unpaired) electrons. The molecule has 1 fully saturated rings. The van der Waals surface area contributed by atoms with Gasteiger partial charge in [0, 0.05) is 12.3 Å². The molecule has 1 aromatic rings. The molecule has 2 atom stereocenters. The van der Waals surface area contributed by atoms with Crippen molar-refractivity contribution < 1.29 is 19.0 Å². The van der Waals surface area contributed by atoms with Crippen molar-refractivity contribution >= 4 is 5.97 Å². The summed E-state index contributed by atoms with van der Waals surface area (Å²) in [5, 5.41) is 0. The second-order valence-electron chi connectivity index (χ2n) is 6.22. The largest absolute Gasteiger partial charge is 0.463 e. The van der Waals surface area contributed by atoms with Crippen molar-refractivity contribution in [1.29, 1.82) is 0 Å². The molecule has 3 rings (SSSR count). The van der Waals surface area contributed by atoms with Gasteiger partial charge in [-0.15, -0.1) is 0 Å². The van der Waals surface area contributed by atoms with Crippen LogP contribution in [-0.2, 0) is 19.0 Å². The minimum Gasteiger partial charge on any atom is -0.463 e.